The smallest absolute Gasteiger partial charge is 0.264 e. The second-order valence-corrected chi connectivity index (χ2v) is 6.52. The number of carbonyl (C=O) groups excluding carboxylic acids is 1. The summed E-state index contributed by atoms with van der Waals surface area (Å²) in [5, 5.41) is 1.31. The summed E-state index contributed by atoms with van der Waals surface area (Å²) in [5.41, 5.74) is 2.09. The van der Waals surface area contributed by atoms with Crippen LogP contribution in [-0.2, 0) is 18.3 Å². The molecular weight excluding hydrogens is 328 g/mol. The van der Waals surface area contributed by atoms with Gasteiger partial charge in [-0.25, -0.2) is 0 Å². The number of pyridine rings is 1. The topological polar surface area (TPSA) is 51.5 Å². The highest BCUT2D eigenvalue weighted by atomic mass is 16.5. The molecule has 0 aliphatic carbocycles. The van der Waals surface area contributed by atoms with Crippen LogP contribution in [0, 0.1) is 0 Å². The predicted molar refractivity (Wildman–Crippen MR) is 102 cm³/mol. The fraction of sp³-hybridized carbons (Fsp3) is 0.238. The van der Waals surface area contributed by atoms with Gasteiger partial charge in [0.05, 0.1) is 5.39 Å². The van der Waals surface area contributed by atoms with Crippen LogP contribution in [0.15, 0.2) is 59.5 Å². The van der Waals surface area contributed by atoms with Crippen LogP contribution >= 0.6 is 0 Å². The number of amides is 1. The Morgan fingerprint density at radius 1 is 1.08 bits per heavy atom. The standard InChI is InChI=1S/C21H20N2O3/c1-22-13-11-16-17(21(22)25)8-4-10-19(16)26-14-20(24)23-12-5-7-15-6-2-3-9-18(15)23/h2-4,6,8-11,13H,5,7,12,14H2,1H3. The Labute approximate surface area is 151 Å². The van der Waals surface area contributed by atoms with Crippen molar-refractivity contribution in [3.8, 4) is 5.75 Å². The molecular formula is C21H20N2O3. The van der Waals surface area contributed by atoms with Crippen molar-refractivity contribution in [2.75, 3.05) is 18.1 Å². The Morgan fingerprint density at radius 3 is 2.81 bits per heavy atom. The molecule has 2 heterocycles. The van der Waals surface area contributed by atoms with Crippen molar-refractivity contribution in [1.82, 2.24) is 4.57 Å². The molecule has 5 heteroatoms. The zero-order valence-electron chi connectivity index (χ0n) is 14.6. The largest absolute Gasteiger partial charge is 0.483 e. The molecule has 1 aromatic heterocycles. The molecule has 4 rings (SSSR count). The van der Waals surface area contributed by atoms with E-state index in [-0.39, 0.29) is 18.1 Å². The van der Waals surface area contributed by atoms with Crippen LogP contribution in [0.4, 0.5) is 5.69 Å². The number of carbonyl (C=O) groups is 1. The number of anilines is 1. The van der Waals surface area contributed by atoms with Gasteiger partial charge >= 0.3 is 0 Å². The first-order valence-electron chi connectivity index (χ1n) is 8.74. The summed E-state index contributed by atoms with van der Waals surface area (Å²) in [6, 6.07) is 15.2. The first-order valence-corrected chi connectivity index (χ1v) is 8.74. The van der Waals surface area contributed by atoms with E-state index in [0.29, 0.717) is 17.7 Å². The predicted octanol–water partition coefficient (Wildman–Crippen LogP) is 2.90. The van der Waals surface area contributed by atoms with Crippen LogP contribution in [0.1, 0.15) is 12.0 Å². The molecule has 132 valence electrons. The van der Waals surface area contributed by atoms with E-state index in [2.05, 4.69) is 6.07 Å². The molecule has 0 saturated carbocycles. The molecule has 0 atom stereocenters. The van der Waals surface area contributed by atoms with E-state index in [0.717, 1.165) is 23.9 Å². The lowest BCUT2D eigenvalue weighted by Gasteiger charge is -2.29. The molecule has 1 amide bonds. The minimum atomic E-state index is -0.0794. The SMILES string of the molecule is Cn1ccc2c(OCC(=O)N3CCCc4ccccc43)cccc2c1=O. The van der Waals surface area contributed by atoms with E-state index in [4.69, 9.17) is 4.74 Å². The average Bonchev–Trinajstić information content (AvgIpc) is 2.68. The summed E-state index contributed by atoms with van der Waals surface area (Å²) in [4.78, 5) is 26.8. The average molecular weight is 348 g/mol. The highest BCUT2D eigenvalue weighted by molar-refractivity contribution is 5.96. The first-order chi connectivity index (χ1) is 12.6. The maximum absolute atomic E-state index is 12.7. The molecule has 0 unspecified atom stereocenters. The van der Waals surface area contributed by atoms with Crippen LogP contribution in [0.3, 0.4) is 0 Å². The highest BCUT2D eigenvalue weighted by Crippen LogP contribution is 2.27. The summed E-state index contributed by atoms with van der Waals surface area (Å²) in [5.74, 6) is 0.483. The van der Waals surface area contributed by atoms with Crippen molar-refractivity contribution >= 4 is 22.4 Å². The fourth-order valence-corrected chi connectivity index (χ4v) is 3.48. The number of aryl methyl sites for hydroxylation is 2. The van der Waals surface area contributed by atoms with E-state index in [1.165, 1.54) is 10.1 Å². The number of rotatable bonds is 3. The Kier molecular flexibility index (Phi) is 4.21. The van der Waals surface area contributed by atoms with Gasteiger partial charge in [-0.1, -0.05) is 24.3 Å². The van der Waals surface area contributed by atoms with Crippen LogP contribution in [0.25, 0.3) is 10.8 Å². The molecule has 1 aliphatic heterocycles. The molecule has 2 aromatic carbocycles. The lowest BCUT2D eigenvalue weighted by atomic mass is 10.0. The van der Waals surface area contributed by atoms with Crippen LogP contribution in [-0.4, -0.2) is 23.6 Å². The molecule has 0 saturated heterocycles. The molecule has 0 spiro atoms. The number of para-hydroxylation sites is 1. The van der Waals surface area contributed by atoms with Crippen LogP contribution in [0.2, 0.25) is 0 Å². The van der Waals surface area contributed by atoms with Crippen LogP contribution < -0.4 is 15.2 Å². The van der Waals surface area contributed by atoms with E-state index >= 15 is 0 Å². The maximum atomic E-state index is 12.7. The van der Waals surface area contributed by atoms with Crippen molar-refractivity contribution in [1.29, 1.82) is 0 Å². The Hall–Kier alpha value is -3.08. The molecule has 0 N–H and O–H groups in total. The minimum Gasteiger partial charge on any atom is -0.483 e. The van der Waals surface area contributed by atoms with Crippen LogP contribution in [0.5, 0.6) is 5.75 Å². The third kappa shape index (κ3) is 2.86. The van der Waals surface area contributed by atoms with Crippen molar-refractivity contribution in [3.63, 3.8) is 0 Å². The third-order valence-electron chi connectivity index (χ3n) is 4.84. The third-order valence-corrected chi connectivity index (χ3v) is 4.84. The van der Waals surface area contributed by atoms with Gasteiger partial charge in [-0.15, -0.1) is 0 Å². The Morgan fingerprint density at radius 2 is 1.92 bits per heavy atom. The van der Waals surface area contributed by atoms with Gasteiger partial charge in [0.25, 0.3) is 11.5 Å². The first kappa shape index (κ1) is 16.4. The molecule has 26 heavy (non-hydrogen) atoms. The number of hydrogen-bond donors (Lipinski definition) is 0. The van der Waals surface area contributed by atoms with E-state index in [9.17, 15) is 9.59 Å². The zero-order valence-corrected chi connectivity index (χ0v) is 14.6. The molecule has 1 aliphatic rings. The van der Waals surface area contributed by atoms with Crippen molar-refractivity contribution in [2.24, 2.45) is 7.05 Å². The van der Waals surface area contributed by atoms with E-state index in [1.807, 2.05) is 24.3 Å². The lowest BCUT2D eigenvalue weighted by Crippen LogP contribution is -2.38. The summed E-state index contributed by atoms with van der Waals surface area (Å²) in [7, 11) is 1.71. The summed E-state index contributed by atoms with van der Waals surface area (Å²) < 4.78 is 7.33. The van der Waals surface area contributed by atoms with Gasteiger partial charge in [-0.3, -0.25) is 9.59 Å². The molecule has 0 fully saturated rings. The summed E-state index contributed by atoms with van der Waals surface area (Å²) in [6.45, 7) is 0.651. The molecule has 3 aromatic rings. The van der Waals surface area contributed by atoms with Crippen molar-refractivity contribution in [2.45, 2.75) is 12.8 Å². The number of fused-ring (bicyclic) bond motifs is 2. The van der Waals surface area contributed by atoms with Gasteiger partial charge in [0.2, 0.25) is 0 Å². The van der Waals surface area contributed by atoms with Gasteiger partial charge < -0.3 is 14.2 Å². The normalized spacial score (nSPS) is 13.5. The van der Waals surface area contributed by atoms with E-state index in [1.54, 1.807) is 36.3 Å². The highest BCUT2D eigenvalue weighted by Gasteiger charge is 2.22. The second-order valence-electron chi connectivity index (χ2n) is 6.52. The van der Waals surface area contributed by atoms with E-state index < -0.39 is 0 Å². The monoisotopic (exact) mass is 348 g/mol. The van der Waals surface area contributed by atoms with Gasteiger partial charge in [0.1, 0.15) is 5.75 Å². The Balaban J connectivity index is 1.57. The molecule has 0 bridgehead atoms. The number of nitrogens with zero attached hydrogens (tertiary/aromatic N) is 2. The number of hydrogen-bond acceptors (Lipinski definition) is 3. The fourth-order valence-electron chi connectivity index (χ4n) is 3.48. The number of benzene rings is 2. The van der Waals surface area contributed by atoms with Crippen molar-refractivity contribution < 1.29 is 9.53 Å². The number of aromatic nitrogens is 1. The zero-order chi connectivity index (χ0) is 18.1. The summed E-state index contributed by atoms with van der Waals surface area (Å²) in [6.07, 6.45) is 3.65. The number of ether oxygens (including phenoxy) is 1. The van der Waals surface area contributed by atoms with Gasteiger partial charge in [-0.2, -0.15) is 0 Å². The maximum Gasteiger partial charge on any atom is 0.264 e. The minimum absolute atomic E-state index is 0.0529. The Bertz CT molecular complexity index is 1040. The molecule has 0 radical (unpaired) electrons. The van der Waals surface area contributed by atoms with Gasteiger partial charge in [0.15, 0.2) is 6.61 Å². The van der Waals surface area contributed by atoms with Gasteiger partial charge in [0, 0.05) is 30.9 Å². The van der Waals surface area contributed by atoms with Gasteiger partial charge in [-0.05, 0) is 42.7 Å². The molecule has 5 nitrogen and oxygen atoms in total. The quantitative estimate of drug-likeness (QED) is 0.731. The van der Waals surface area contributed by atoms with Crippen molar-refractivity contribution in [3.05, 3.63) is 70.6 Å². The second kappa shape index (κ2) is 6.67. The summed E-state index contributed by atoms with van der Waals surface area (Å²) >= 11 is 0. The lowest BCUT2D eigenvalue weighted by molar-refractivity contribution is -0.120.